The molecule has 26 heavy (non-hydrogen) atoms. The van der Waals surface area contributed by atoms with E-state index in [-0.39, 0.29) is 5.82 Å². The average molecular weight is 366 g/mol. The Morgan fingerprint density at radius 3 is 2.81 bits per heavy atom. The molecular formula is C19H15FN4OS. The molecule has 0 fully saturated rings. The molecule has 4 aromatic rings. The second-order valence-electron chi connectivity index (χ2n) is 5.63. The van der Waals surface area contributed by atoms with E-state index in [4.69, 9.17) is 4.42 Å². The summed E-state index contributed by atoms with van der Waals surface area (Å²) in [4.78, 5) is 4.16. The van der Waals surface area contributed by atoms with Crippen LogP contribution in [-0.4, -0.2) is 19.7 Å². The third-order valence-corrected chi connectivity index (χ3v) is 4.83. The highest BCUT2D eigenvalue weighted by Crippen LogP contribution is 2.27. The van der Waals surface area contributed by atoms with Crippen molar-refractivity contribution < 1.29 is 8.81 Å². The van der Waals surface area contributed by atoms with E-state index in [9.17, 15) is 4.39 Å². The summed E-state index contributed by atoms with van der Waals surface area (Å²) in [5.41, 5.74) is 1.77. The Hall–Kier alpha value is -2.93. The number of nitrogens with zero attached hydrogens (tertiary/aromatic N) is 4. The zero-order chi connectivity index (χ0) is 17.8. The van der Waals surface area contributed by atoms with Crippen LogP contribution in [0, 0.1) is 5.82 Å². The molecule has 0 spiro atoms. The lowest BCUT2D eigenvalue weighted by Gasteiger charge is -2.08. The maximum atomic E-state index is 13.4. The molecule has 3 aromatic heterocycles. The molecule has 0 saturated heterocycles. The maximum Gasteiger partial charge on any atom is 0.192 e. The zero-order valence-corrected chi connectivity index (χ0v) is 14.6. The lowest BCUT2D eigenvalue weighted by Crippen LogP contribution is -2.03. The van der Waals surface area contributed by atoms with Crippen molar-refractivity contribution in [2.75, 3.05) is 0 Å². The number of halogens is 1. The first kappa shape index (κ1) is 16.5. The first-order chi connectivity index (χ1) is 12.8. The largest absolute Gasteiger partial charge is 0.467 e. The standard InChI is InChI=1S/C19H15FN4OS/c20-16-6-1-4-14(10-16)13-26-19-23-22-18(15-5-2-8-21-11-15)24(19)12-17-7-3-9-25-17/h1-11H,12-13H2. The molecule has 130 valence electrons. The van der Waals surface area contributed by atoms with Crippen molar-refractivity contribution in [3.05, 3.63) is 84.3 Å². The molecule has 0 bridgehead atoms. The summed E-state index contributed by atoms with van der Waals surface area (Å²) in [6.07, 6.45) is 5.11. The molecule has 0 unspecified atom stereocenters. The topological polar surface area (TPSA) is 56.7 Å². The number of rotatable bonds is 6. The van der Waals surface area contributed by atoms with Crippen LogP contribution in [0.2, 0.25) is 0 Å². The van der Waals surface area contributed by atoms with E-state index < -0.39 is 0 Å². The van der Waals surface area contributed by atoms with Gasteiger partial charge < -0.3 is 4.42 Å². The van der Waals surface area contributed by atoms with E-state index in [1.54, 1.807) is 24.7 Å². The van der Waals surface area contributed by atoms with E-state index in [1.165, 1.54) is 23.9 Å². The number of thioether (sulfide) groups is 1. The van der Waals surface area contributed by atoms with Crippen LogP contribution in [0.3, 0.4) is 0 Å². The summed E-state index contributed by atoms with van der Waals surface area (Å²) in [6, 6.07) is 14.1. The summed E-state index contributed by atoms with van der Waals surface area (Å²) in [6.45, 7) is 0.510. The van der Waals surface area contributed by atoms with Crippen molar-refractivity contribution in [3.63, 3.8) is 0 Å². The van der Waals surface area contributed by atoms with Crippen molar-refractivity contribution in [3.8, 4) is 11.4 Å². The van der Waals surface area contributed by atoms with E-state index in [0.717, 1.165) is 27.9 Å². The molecule has 0 N–H and O–H groups in total. The Balaban J connectivity index is 1.64. The maximum absolute atomic E-state index is 13.4. The molecule has 0 atom stereocenters. The summed E-state index contributed by atoms with van der Waals surface area (Å²) in [7, 11) is 0. The van der Waals surface area contributed by atoms with Gasteiger partial charge in [0.1, 0.15) is 11.6 Å². The van der Waals surface area contributed by atoms with Gasteiger partial charge in [-0.1, -0.05) is 23.9 Å². The van der Waals surface area contributed by atoms with Gasteiger partial charge in [-0.05, 0) is 42.0 Å². The van der Waals surface area contributed by atoms with E-state index >= 15 is 0 Å². The molecule has 3 heterocycles. The van der Waals surface area contributed by atoms with Gasteiger partial charge >= 0.3 is 0 Å². The van der Waals surface area contributed by atoms with Crippen molar-refractivity contribution in [2.24, 2.45) is 0 Å². The molecule has 5 nitrogen and oxygen atoms in total. The summed E-state index contributed by atoms with van der Waals surface area (Å²) < 4.78 is 20.9. The second kappa shape index (κ2) is 7.53. The monoisotopic (exact) mass is 366 g/mol. The van der Waals surface area contributed by atoms with Crippen LogP contribution in [0.25, 0.3) is 11.4 Å². The van der Waals surface area contributed by atoms with Gasteiger partial charge in [0, 0.05) is 23.7 Å². The van der Waals surface area contributed by atoms with Crippen LogP contribution in [-0.2, 0) is 12.3 Å². The smallest absolute Gasteiger partial charge is 0.192 e. The zero-order valence-electron chi connectivity index (χ0n) is 13.7. The van der Waals surface area contributed by atoms with Crippen molar-refractivity contribution >= 4 is 11.8 Å². The van der Waals surface area contributed by atoms with Crippen molar-refractivity contribution in [1.82, 2.24) is 19.7 Å². The molecule has 0 aliphatic rings. The SMILES string of the molecule is Fc1cccc(CSc2nnc(-c3cccnc3)n2Cc2ccco2)c1. The summed E-state index contributed by atoms with van der Waals surface area (Å²) >= 11 is 1.51. The van der Waals surface area contributed by atoms with Gasteiger partial charge in [0.15, 0.2) is 11.0 Å². The normalized spacial score (nSPS) is 11.0. The van der Waals surface area contributed by atoms with Crippen LogP contribution in [0.15, 0.2) is 76.8 Å². The van der Waals surface area contributed by atoms with Gasteiger partial charge in [-0.15, -0.1) is 10.2 Å². The van der Waals surface area contributed by atoms with Crippen LogP contribution >= 0.6 is 11.8 Å². The van der Waals surface area contributed by atoms with Crippen molar-refractivity contribution in [2.45, 2.75) is 17.5 Å². The van der Waals surface area contributed by atoms with Crippen molar-refractivity contribution in [1.29, 1.82) is 0 Å². The van der Waals surface area contributed by atoms with Gasteiger partial charge in [-0.3, -0.25) is 9.55 Å². The highest BCUT2D eigenvalue weighted by atomic mass is 32.2. The van der Waals surface area contributed by atoms with Gasteiger partial charge in [-0.25, -0.2) is 4.39 Å². The number of furan rings is 1. The minimum absolute atomic E-state index is 0.240. The average Bonchev–Trinajstić information content (AvgIpc) is 3.31. The molecule has 0 saturated carbocycles. The lowest BCUT2D eigenvalue weighted by atomic mass is 10.2. The molecule has 0 amide bonds. The van der Waals surface area contributed by atoms with E-state index in [1.807, 2.05) is 34.9 Å². The van der Waals surface area contributed by atoms with Crippen LogP contribution in [0.5, 0.6) is 0 Å². The summed E-state index contributed by atoms with van der Waals surface area (Å²) in [5, 5.41) is 9.40. The van der Waals surface area contributed by atoms with Gasteiger partial charge in [0.2, 0.25) is 0 Å². The number of aromatic nitrogens is 4. The molecule has 0 aliphatic carbocycles. The predicted molar refractivity (Wildman–Crippen MR) is 97.0 cm³/mol. The van der Waals surface area contributed by atoms with Gasteiger partial charge in [-0.2, -0.15) is 0 Å². The van der Waals surface area contributed by atoms with E-state index in [0.29, 0.717) is 12.3 Å². The Kier molecular flexibility index (Phi) is 4.79. The Morgan fingerprint density at radius 2 is 2.04 bits per heavy atom. The number of hydrogen-bond donors (Lipinski definition) is 0. The first-order valence-electron chi connectivity index (χ1n) is 8.03. The number of hydrogen-bond acceptors (Lipinski definition) is 5. The Morgan fingerprint density at radius 1 is 1.08 bits per heavy atom. The number of benzene rings is 1. The van der Waals surface area contributed by atoms with Gasteiger partial charge in [0.05, 0.1) is 12.8 Å². The minimum Gasteiger partial charge on any atom is -0.467 e. The van der Waals surface area contributed by atoms with Crippen LogP contribution in [0.4, 0.5) is 4.39 Å². The summed E-state index contributed by atoms with van der Waals surface area (Å²) in [5.74, 6) is 1.89. The number of pyridine rings is 1. The fourth-order valence-corrected chi connectivity index (χ4v) is 3.46. The van der Waals surface area contributed by atoms with Gasteiger partial charge in [0.25, 0.3) is 0 Å². The molecule has 4 rings (SSSR count). The van der Waals surface area contributed by atoms with Crippen LogP contribution < -0.4 is 0 Å². The molecule has 0 aliphatic heterocycles. The highest BCUT2D eigenvalue weighted by Gasteiger charge is 2.16. The fraction of sp³-hybridized carbons (Fsp3) is 0.105. The second-order valence-corrected chi connectivity index (χ2v) is 6.57. The third kappa shape index (κ3) is 3.67. The quantitative estimate of drug-likeness (QED) is 0.473. The molecular weight excluding hydrogens is 351 g/mol. The molecule has 0 radical (unpaired) electrons. The predicted octanol–water partition coefficient (Wildman–Crippen LogP) is 4.41. The Labute approximate surface area is 153 Å². The fourth-order valence-electron chi connectivity index (χ4n) is 2.58. The highest BCUT2D eigenvalue weighted by molar-refractivity contribution is 7.98. The molecule has 1 aromatic carbocycles. The van der Waals surface area contributed by atoms with E-state index in [2.05, 4.69) is 15.2 Å². The third-order valence-electron chi connectivity index (χ3n) is 3.79. The molecule has 7 heteroatoms. The Bertz CT molecular complexity index is 986. The lowest BCUT2D eigenvalue weighted by molar-refractivity contribution is 0.485. The first-order valence-corrected chi connectivity index (χ1v) is 9.01. The minimum atomic E-state index is -0.240. The van der Waals surface area contributed by atoms with Crippen LogP contribution in [0.1, 0.15) is 11.3 Å².